The average Bonchev–Trinajstić information content (AvgIpc) is 2.35. The van der Waals surface area contributed by atoms with E-state index in [1.54, 1.807) is 0 Å². The van der Waals surface area contributed by atoms with Gasteiger partial charge in [0.15, 0.2) is 0 Å². The molecule has 0 aliphatic carbocycles. The molecule has 1 heterocycles. The van der Waals surface area contributed by atoms with Gasteiger partial charge < -0.3 is 5.73 Å². The molecule has 1 aromatic heterocycles. The SMILES string of the molecule is CCCC[C@H](N)c1ccc2ccccc2n1. The summed E-state index contributed by atoms with van der Waals surface area (Å²) >= 11 is 0. The maximum absolute atomic E-state index is 6.11. The van der Waals surface area contributed by atoms with Crippen LogP contribution in [0.4, 0.5) is 0 Å². The highest BCUT2D eigenvalue weighted by molar-refractivity contribution is 5.78. The highest BCUT2D eigenvalue weighted by Gasteiger charge is 2.07. The van der Waals surface area contributed by atoms with E-state index in [-0.39, 0.29) is 6.04 Å². The van der Waals surface area contributed by atoms with Gasteiger partial charge >= 0.3 is 0 Å². The van der Waals surface area contributed by atoms with Crippen LogP contribution in [0.25, 0.3) is 10.9 Å². The molecule has 0 unspecified atom stereocenters. The minimum atomic E-state index is 0.0737. The molecule has 2 aromatic rings. The van der Waals surface area contributed by atoms with Gasteiger partial charge in [-0.2, -0.15) is 0 Å². The number of nitrogens with zero attached hydrogens (tertiary/aromatic N) is 1. The van der Waals surface area contributed by atoms with Crippen molar-refractivity contribution in [2.24, 2.45) is 5.73 Å². The molecule has 2 rings (SSSR count). The zero-order valence-electron chi connectivity index (χ0n) is 9.69. The second-order valence-electron chi connectivity index (χ2n) is 4.18. The Balaban J connectivity index is 2.25. The number of rotatable bonds is 4. The lowest BCUT2D eigenvalue weighted by atomic mass is 10.1. The largest absolute Gasteiger partial charge is 0.323 e. The molecule has 0 aliphatic rings. The van der Waals surface area contributed by atoms with E-state index < -0.39 is 0 Å². The van der Waals surface area contributed by atoms with Crippen LogP contribution in [0.3, 0.4) is 0 Å². The van der Waals surface area contributed by atoms with Crippen molar-refractivity contribution in [3.8, 4) is 0 Å². The van der Waals surface area contributed by atoms with E-state index in [0.717, 1.165) is 24.1 Å². The molecule has 0 radical (unpaired) electrons. The van der Waals surface area contributed by atoms with Crippen molar-refractivity contribution in [2.45, 2.75) is 32.2 Å². The first-order chi connectivity index (χ1) is 7.81. The summed E-state index contributed by atoms with van der Waals surface area (Å²) < 4.78 is 0. The number of hydrogen-bond donors (Lipinski definition) is 1. The Morgan fingerprint density at radius 2 is 2.00 bits per heavy atom. The summed E-state index contributed by atoms with van der Waals surface area (Å²) in [7, 11) is 0. The lowest BCUT2D eigenvalue weighted by Gasteiger charge is -2.10. The topological polar surface area (TPSA) is 38.9 Å². The Labute approximate surface area is 96.5 Å². The van der Waals surface area contributed by atoms with Crippen LogP contribution in [0, 0.1) is 0 Å². The van der Waals surface area contributed by atoms with Crippen LogP contribution in [0.2, 0.25) is 0 Å². The molecule has 1 aromatic carbocycles. The average molecular weight is 214 g/mol. The van der Waals surface area contributed by atoms with E-state index in [1.165, 1.54) is 11.8 Å². The molecule has 0 saturated heterocycles. The van der Waals surface area contributed by atoms with Crippen LogP contribution in [-0.4, -0.2) is 4.98 Å². The quantitative estimate of drug-likeness (QED) is 0.846. The van der Waals surface area contributed by atoms with Gasteiger partial charge in [0.1, 0.15) is 0 Å². The number of aromatic nitrogens is 1. The highest BCUT2D eigenvalue weighted by Crippen LogP contribution is 2.18. The smallest absolute Gasteiger partial charge is 0.0706 e. The molecule has 0 amide bonds. The Morgan fingerprint density at radius 3 is 2.81 bits per heavy atom. The summed E-state index contributed by atoms with van der Waals surface area (Å²) in [6.07, 6.45) is 3.36. The van der Waals surface area contributed by atoms with E-state index in [9.17, 15) is 0 Å². The van der Waals surface area contributed by atoms with Crippen molar-refractivity contribution < 1.29 is 0 Å². The van der Waals surface area contributed by atoms with Gasteiger partial charge in [-0.15, -0.1) is 0 Å². The summed E-state index contributed by atoms with van der Waals surface area (Å²) in [6.45, 7) is 2.18. The van der Waals surface area contributed by atoms with Crippen LogP contribution in [-0.2, 0) is 0 Å². The molecule has 0 bridgehead atoms. The number of hydrogen-bond acceptors (Lipinski definition) is 2. The molecular formula is C14H18N2. The Morgan fingerprint density at radius 1 is 1.19 bits per heavy atom. The molecule has 2 N–H and O–H groups in total. The predicted octanol–water partition coefficient (Wildman–Crippen LogP) is 3.42. The molecule has 84 valence electrons. The summed E-state index contributed by atoms with van der Waals surface area (Å²) in [5.41, 5.74) is 8.15. The van der Waals surface area contributed by atoms with Crippen molar-refractivity contribution in [3.63, 3.8) is 0 Å². The molecule has 2 heteroatoms. The number of para-hydroxylation sites is 1. The van der Waals surface area contributed by atoms with Crippen LogP contribution < -0.4 is 5.73 Å². The van der Waals surface area contributed by atoms with Gasteiger partial charge in [0.05, 0.1) is 11.2 Å². The zero-order valence-corrected chi connectivity index (χ0v) is 9.69. The van der Waals surface area contributed by atoms with Crippen LogP contribution in [0.1, 0.15) is 37.9 Å². The fraction of sp³-hybridized carbons (Fsp3) is 0.357. The normalized spacial score (nSPS) is 12.9. The number of fused-ring (bicyclic) bond motifs is 1. The Hall–Kier alpha value is -1.41. The molecule has 2 nitrogen and oxygen atoms in total. The van der Waals surface area contributed by atoms with E-state index in [0.29, 0.717) is 0 Å². The summed E-state index contributed by atoms with van der Waals surface area (Å²) in [5.74, 6) is 0. The Bertz CT molecular complexity index is 465. The van der Waals surface area contributed by atoms with Gasteiger partial charge in [-0.05, 0) is 18.6 Å². The standard InChI is InChI=1S/C14H18N2/c1-2-3-7-12(15)14-10-9-11-6-4-5-8-13(11)16-14/h4-6,8-10,12H,2-3,7,15H2,1H3/t12-/m0/s1. The second kappa shape index (κ2) is 5.08. The van der Waals surface area contributed by atoms with E-state index >= 15 is 0 Å². The number of pyridine rings is 1. The van der Waals surface area contributed by atoms with Gasteiger partial charge in [-0.25, -0.2) is 0 Å². The van der Waals surface area contributed by atoms with Crippen molar-refractivity contribution >= 4 is 10.9 Å². The van der Waals surface area contributed by atoms with Crippen LogP contribution in [0.15, 0.2) is 36.4 Å². The summed E-state index contributed by atoms with van der Waals surface area (Å²) in [4.78, 5) is 4.60. The lowest BCUT2D eigenvalue weighted by Crippen LogP contribution is -2.11. The van der Waals surface area contributed by atoms with Gasteiger partial charge in [0.25, 0.3) is 0 Å². The van der Waals surface area contributed by atoms with Crippen molar-refractivity contribution in [1.29, 1.82) is 0 Å². The molecular weight excluding hydrogens is 196 g/mol. The lowest BCUT2D eigenvalue weighted by molar-refractivity contribution is 0.592. The molecule has 0 saturated carbocycles. The minimum Gasteiger partial charge on any atom is -0.323 e. The van der Waals surface area contributed by atoms with Crippen molar-refractivity contribution in [3.05, 3.63) is 42.1 Å². The third kappa shape index (κ3) is 2.39. The second-order valence-corrected chi connectivity index (χ2v) is 4.18. The monoisotopic (exact) mass is 214 g/mol. The first-order valence-electron chi connectivity index (χ1n) is 5.92. The first kappa shape index (κ1) is 11.1. The zero-order chi connectivity index (χ0) is 11.4. The third-order valence-corrected chi connectivity index (χ3v) is 2.87. The molecule has 1 atom stereocenters. The van der Waals surface area contributed by atoms with Crippen molar-refractivity contribution in [1.82, 2.24) is 4.98 Å². The number of benzene rings is 1. The van der Waals surface area contributed by atoms with Crippen LogP contribution >= 0.6 is 0 Å². The minimum absolute atomic E-state index is 0.0737. The predicted molar refractivity (Wildman–Crippen MR) is 68.2 cm³/mol. The summed E-state index contributed by atoms with van der Waals surface area (Å²) in [6, 6.07) is 12.4. The maximum Gasteiger partial charge on any atom is 0.0706 e. The molecule has 0 fully saturated rings. The molecule has 0 spiro atoms. The van der Waals surface area contributed by atoms with Gasteiger partial charge in [-0.1, -0.05) is 44.0 Å². The van der Waals surface area contributed by atoms with Crippen molar-refractivity contribution in [2.75, 3.05) is 0 Å². The highest BCUT2D eigenvalue weighted by atomic mass is 14.8. The van der Waals surface area contributed by atoms with Gasteiger partial charge in [0.2, 0.25) is 0 Å². The Kier molecular flexibility index (Phi) is 3.52. The van der Waals surface area contributed by atoms with E-state index in [4.69, 9.17) is 5.73 Å². The molecule has 16 heavy (non-hydrogen) atoms. The van der Waals surface area contributed by atoms with Gasteiger partial charge in [0, 0.05) is 11.4 Å². The fourth-order valence-corrected chi connectivity index (χ4v) is 1.86. The fourth-order valence-electron chi connectivity index (χ4n) is 1.86. The summed E-state index contributed by atoms with van der Waals surface area (Å²) in [5, 5.41) is 1.17. The number of unbranched alkanes of at least 4 members (excludes halogenated alkanes) is 1. The maximum atomic E-state index is 6.11. The van der Waals surface area contributed by atoms with E-state index in [2.05, 4.69) is 24.0 Å². The molecule has 0 aliphatic heterocycles. The first-order valence-corrected chi connectivity index (χ1v) is 5.92. The van der Waals surface area contributed by atoms with Gasteiger partial charge in [-0.3, -0.25) is 4.98 Å². The number of nitrogens with two attached hydrogens (primary N) is 1. The van der Waals surface area contributed by atoms with E-state index in [1.807, 2.05) is 24.3 Å². The van der Waals surface area contributed by atoms with Crippen LogP contribution in [0.5, 0.6) is 0 Å². The third-order valence-electron chi connectivity index (χ3n) is 2.87.